The third-order valence-corrected chi connectivity index (χ3v) is 7.67. The van der Waals surface area contributed by atoms with Crippen molar-refractivity contribution in [3.8, 4) is 0 Å². The summed E-state index contributed by atoms with van der Waals surface area (Å²) in [5.74, 6) is 1.66. The first-order valence-electron chi connectivity index (χ1n) is 10.1. The number of benzene rings is 1. The van der Waals surface area contributed by atoms with Gasteiger partial charge in [-0.3, -0.25) is 4.79 Å². The Kier molecular flexibility index (Phi) is 5.53. The van der Waals surface area contributed by atoms with Crippen molar-refractivity contribution >= 4 is 15.9 Å². The van der Waals surface area contributed by atoms with Crippen LogP contribution in [0.1, 0.15) is 37.7 Å². The number of aryl methyl sites for hydroxylation is 1. The number of sulfonamides is 1. The number of carbonyl (C=O) groups is 1. The molecular weight excluding hydrogens is 362 g/mol. The van der Waals surface area contributed by atoms with E-state index >= 15 is 0 Å². The van der Waals surface area contributed by atoms with Gasteiger partial charge in [0.15, 0.2) is 0 Å². The molecule has 148 valence electrons. The molecule has 4 rings (SSSR count). The standard InChI is InChI=1S/C20H29N3O3S/c24-20(23-11-9-16-13-21-14-17(16)10-12-23)8-3-15-1-6-19(7-2-15)27(25,26)22-18-4-5-18/h1-2,6-7,16-18,21-22H,3-5,8-14H2/t16-,17+. The van der Waals surface area contributed by atoms with Crippen LogP contribution in [0.3, 0.4) is 0 Å². The second-order valence-corrected chi connectivity index (χ2v) is 9.89. The first-order chi connectivity index (χ1) is 13.0. The fourth-order valence-corrected chi connectivity index (χ4v) is 5.51. The molecule has 0 unspecified atom stereocenters. The number of hydrogen-bond donors (Lipinski definition) is 2. The van der Waals surface area contributed by atoms with E-state index in [-0.39, 0.29) is 11.9 Å². The van der Waals surface area contributed by atoms with Gasteiger partial charge >= 0.3 is 0 Å². The van der Waals surface area contributed by atoms with Crippen LogP contribution in [-0.4, -0.2) is 51.4 Å². The van der Waals surface area contributed by atoms with E-state index in [1.165, 1.54) is 0 Å². The van der Waals surface area contributed by atoms with Gasteiger partial charge in [-0.25, -0.2) is 13.1 Å². The summed E-state index contributed by atoms with van der Waals surface area (Å²) in [7, 11) is -3.40. The van der Waals surface area contributed by atoms with E-state index in [0.717, 1.165) is 69.3 Å². The third kappa shape index (κ3) is 4.70. The second kappa shape index (κ2) is 7.89. The van der Waals surface area contributed by atoms with Gasteiger partial charge in [-0.2, -0.15) is 0 Å². The Balaban J connectivity index is 1.28. The fraction of sp³-hybridized carbons (Fsp3) is 0.650. The molecule has 7 heteroatoms. The van der Waals surface area contributed by atoms with Crippen molar-refractivity contribution in [2.75, 3.05) is 26.2 Å². The SMILES string of the molecule is O=C(CCc1ccc(S(=O)(=O)NC2CC2)cc1)N1CC[C@@H]2CNC[C@@H]2CC1. The molecule has 2 atom stereocenters. The van der Waals surface area contributed by atoms with Gasteiger partial charge in [0.1, 0.15) is 0 Å². The van der Waals surface area contributed by atoms with E-state index in [4.69, 9.17) is 0 Å². The van der Waals surface area contributed by atoms with Crippen LogP contribution in [0.15, 0.2) is 29.2 Å². The molecule has 1 amide bonds. The van der Waals surface area contributed by atoms with Crippen LogP contribution in [0.4, 0.5) is 0 Å². The van der Waals surface area contributed by atoms with Crippen LogP contribution in [0.5, 0.6) is 0 Å². The number of carbonyl (C=O) groups excluding carboxylic acids is 1. The van der Waals surface area contributed by atoms with Crippen LogP contribution in [-0.2, 0) is 21.2 Å². The third-order valence-electron chi connectivity index (χ3n) is 6.13. The van der Waals surface area contributed by atoms with Crippen LogP contribution in [0, 0.1) is 11.8 Å². The van der Waals surface area contributed by atoms with Gasteiger partial charge in [-0.15, -0.1) is 0 Å². The van der Waals surface area contributed by atoms with Crippen molar-refractivity contribution in [3.63, 3.8) is 0 Å². The first-order valence-corrected chi connectivity index (χ1v) is 11.6. The lowest BCUT2D eigenvalue weighted by Crippen LogP contribution is -2.32. The topological polar surface area (TPSA) is 78.5 Å². The summed E-state index contributed by atoms with van der Waals surface area (Å²) in [6.07, 6.45) is 5.19. The maximum absolute atomic E-state index is 12.6. The molecule has 0 spiro atoms. The summed E-state index contributed by atoms with van der Waals surface area (Å²) in [6, 6.07) is 7.05. The Labute approximate surface area is 161 Å². The Morgan fingerprint density at radius 1 is 1.04 bits per heavy atom. The monoisotopic (exact) mass is 391 g/mol. The normalized spacial score (nSPS) is 25.9. The quantitative estimate of drug-likeness (QED) is 0.771. The highest BCUT2D eigenvalue weighted by molar-refractivity contribution is 7.89. The van der Waals surface area contributed by atoms with Crippen LogP contribution in [0.25, 0.3) is 0 Å². The minimum absolute atomic E-state index is 0.108. The van der Waals surface area contributed by atoms with E-state index < -0.39 is 10.0 Å². The van der Waals surface area contributed by atoms with Gasteiger partial charge in [-0.05, 0) is 74.7 Å². The zero-order valence-electron chi connectivity index (χ0n) is 15.7. The molecule has 6 nitrogen and oxygen atoms in total. The number of amides is 1. The molecule has 0 bridgehead atoms. The highest BCUT2D eigenvalue weighted by Crippen LogP contribution is 2.27. The summed E-state index contributed by atoms with van der Waals surface area (Å²) in [4.78, 5) is 14.9. The predicted molar refractivity (Wildman–Crippen MR) is 104 cm³/mol. The lowest BCUT2D eigenvalue weighted by atomic mass is 9.92. The summed E-state index contributed by atoms with van der Waals surface area (Å²) >= 11 is 0. The van der Waals surface area contributed by atoms with E-state index in [0.29, 0.717) is 17.7 Å². The molecule has 0 radical (unpaired) electrons. The van der Waals surface area contributed by atoms with E-state index in [1.54, 1.807) is 12.1 Å². The highest BCUT2D eigenvalue weighted by Gasteiger charge is 2.31. The minimum atomic E-state index is -3.40. The number of rotatable bonds is 6. The average Bonchev–Trinajstić information content (AvgIpc) is 3.40. The number of fused-ring (bicyclic) bond motifs is 1. The van der Waals surface area contributed by atoms with Gasteiger partial charge in [-0.1, -0.05) is 12.1 Å². The Hall–Kier alpha value is -1.44. The maximum atomic E-state index is 12.6. The number of hydrogen-bond acceptors (Lipinski definition) is 4. The molecule has 1 aromatic rings. The summed E-state index contributed by atoms with van der Waals surface area (Å²) in [5, 5.41) is 3.46. The molecule has 2 saturated heterocycles. The van der Waals surface area contributed by atoms with Crippen molar-refractivity contribution < 1.29 is 13.2 Å². The molecule has 1 aromatic carbocycles. The second-order valence-electron chi connectivity index (χ2n) is 8.18. The fourth-order valence-electron chi connectivity index (χ4n) is 4.20. The van der Waals surface area contributed by atoms with Crippen molar-refractivity contribution in [3.05, 3.63) is 29.8 Å². The summed E-state index contributed by atoms with van der Waals surface area (Å²) < 4.78 is 27.1. The number of nitrogens with one attached hydrogen (secondary N) is 2. The Morgan fingerprint density at radius 3 is 2.26 bits per heavy atom. The molecule has 1 saturated carbocycles. The molecule has 1 aliphatic carbocycles. The smallest absolute Gasteiger partial charge is 0.240 e. The lowest BCUT2D eigenvalue weighted by Gasteiger charge is -2.21. The van der Waals surface area contributed by atoms with E-state index in [2.05, 4.69) is 10.0 Å². The van der Waals surface area contributed by atoms with Gasteiger partial charge < -0.3 is 10.2 Å². The molecule has 3 aliphatic rings. The predicted octanol–water partition coefficient (Wildman–Crippen LogP) is 1.52. The summed E-state index contributed by atoms with van der Waals surface area (Å²) in [6.45, 7) is 3.92. The van der Waals surface area contributed by atoms with Gasteiger partial charge in [0.25, 0.3) is 0 Å². The zero-order chi connectivity index (χ0) is 18.9. The van der Waals surface area contributed by atoms with Gasteiger partial charge in [0.05, 0.1) is 4.90 Å². The van der Waals surface area contributed by atoms with Crippen molar-refractivity contribution in [2.24, 2.45) is 11.8 Å². The van der Waals surface area contributed by atoms with E-state index in [9.17, 15) is 13.2 Å². The molecule has 2 aliphatic heterocycles. The Bertz CT molecular complexity index is 760. The molecule has 3 fully saturated rings. The summed E-state index contributed by atoms with van der Waals surface area (Å²) in [5.41, 5.74) is 1.00. The van der Waals surface area contributed by atoms with Gasteiger partial charge in [0.2, 0.25) is 15.9 Å². The molecule has 2 heterocycles. The Morgan fingerprint density at radius 2 is 1.67 bits per heavy atom. The maximum Gasteiger partial charge on any atom is 0.240 e. The highest BCUT2D eigenvalue weighted by atomic mass is 32.2. The molecular formula is C20H29N3O3S. The number of likely N-dealkylation sites (tertiary alicyclic amines) is 1. The lowest BCUT2D eigenvalue weighted by molar-refractivity contribution is -0.131. The van der Waals surface area contributed by atoms with Crippen LogP contribution < -0.4 is 10.0 Å². The van der Waals surface area contributed by atoms with Crippen molar-refractivity contribution in [1.29, 1.82) is 0 Å². The largest absolute Gasteiger partial charge is 0.343 e. The van der Waals surface area contributed by atoms with Crippen LogP contribution >= 0.6 is 0 Å². The zero-order valence-corrected chi connectivity index (χ0v) is 16.5. The van der Waals surface area contributed by atoms with E-state index in [1.807, 2.05) is 17.0 Å². The minimum Gasteiger partial charge on any atom is -0.343 e. The van der Waals surface area contributed by atoms with Crippen LogP contribution in [0.2, 0.25) is 0 Å². The van der Waals surface area contributed by atoms with Gasteiger partial charge in [0, 0.05) is 25.6 Å². The van der Waals surface area contributed by atoms with Crippen molar-refractivity contribution in [1.82, 2.24) is 14.9 Å². The molecule has 27 heavy (non-hydrogen) atoms. The van der Waals surface area contributed by atoms with Crippen molar-refractivity contribution in [2.45, 2.75) is 49.5 Å². The first kappa shape index (κ1) is 18.9. The molecule has 0 aromatic heterocycles. The molecule has 2 N–H and O–H groups in total. The average molecular weight is 392 g/mol. The number of nitrogens with zero attached hydrogens (tertiary/aromatic N) is 1.